The number of para-hydroxylation sites is 1. The highest BCUT2D eigenvalue weighted by Gasteiger charge is 2.29. The number of hydrogen-bond acceptors (Lipinski definition) is 5. The summed E-state index contributed by atoms with van der Waals surface area (Å²) < 4.78 is 30.6. The fraction of sp³-hybridized carbons (Fsp3) is 0.600. The van der Waals surface area contributed by atoms with Crippen LogP contribution in [0.15, 0.2) is 29.2 Å². The van der Waals surface area contributed by atoms with Crippen LogP contribution in [0.1, 0.15) is 20.3 Å². The quantitative estimate of drug-likeness (QED) is 0.890. The molecule has 2 unspecified atom stereocenters. The van der Waals surface area contributed by atoms with Crippen molar-refractivity contribution in [1.82, 2.24) is 0 Å². The number of sulfone groups is 1. The minimum atomic E-state index is -3.25. The summed E-state index contributed by atoms with van der Waals surface area (Å²) in [5.74, 6) is 0.170. The van der Waals surface area contributed by atoms with Crippen molar-refractivity contribution in [2.24, 2.45) is 5.73 Å². The maximum absolute atomic E-state index is 12.5. The van der Waals surface area contributed by atoms with Crippen molar-refractivity contribution in [3.8, 4) is 0 Å². The van der Waals surface area contributed by atoms with Gasteiger partial charge in [0.2, 0.25) is 0 Å². The van der Waals surface area contributed by atoms with Crippen LogP contribution in [0.4, 0.5) is 5.69 Å². The highest BCUT2D eigenvalue weighted by Crippen LogP contribution is 2.29. The summed E-state index contributed by atoms with van der Waals surface area (Å²) in [7, 11) is -3.25. The number of benzene rings is 1. The number of rotatable bonds is 5. The second-order valence-electron chi connectivity index (χ2n) is 5.48. The Labute approximate surface area is 127 Å². The van der Waals surface area contributed by atoms with Crippen molar-refractivity contribution in [2.75, 3.05) is 30.3 Å². The first-order valence-electron chi connectivity index (χ1n) is 7.39. The van der Waals surface area contributed by atoms with E-state index in [2.05, 4.69) is 4.90 Å². The van der Waals surface area contributed by atoms with Gasteiger partial charge in [-0.25, -0.2) is 8.42 Å². The predicted molar refractivity (Wildman–Crippen MR) is 84.4 cm³/mol. The van der Waals surface area contributed by atoms with Crippen molar-refractivity contribution < 1.29 is 13.2 Å². The first-order chi connectivity index (χ1) is 9.99. The van der Waals surface area contributed by atoms with E-state index in [1.807, 2.05) is 26.0 Å². The van der Waals surface area contributed by atoms with E-state index in [0.29, 0.717) is 31.0 Å². The van der Waals surface area contributed by atoms with Crippen molar-refractivity contribution in [3.05, 3.63) is 24.3 Å². The first-order valence-corrected chi connectivity index (χ1v) is 9.05. The lowest BCUT2D eigenvalue weighted by Gasteiger charge is -2.40. The average Bonchev–Trinajstić information content (AvgIpc) is 2.48. The van der Waals surface area contributed by atoms with Crippen LogP contribution in [-0.2, 0) is 14.6 Å². The van der Waals surface area contributed by atoms with Crippen LogP contribution in [0, 0.1) is 0 Å². The Morgan fingerprint density at radius 3 is 2.76 bits per heavy atom. The van der Waals surface area contributed by atoms with Crippen LogP contribution in [0.5, 0.6) is 0 Å². The molecule has 0 aliphatic carbocycles. The fourth-order valence-corrected chi connectivity index (χ4v) is 4.18. The molecule has 1 aromatic rings. The van der Waals surface area contributed by atoms with E-state index in [-0.39, 0.29) is 17.9 Å². The molecule has 1 aliphatic rings. The van der Waals surface area contributed by atoms with Crippen LogP contribution in [-0.4, -0.2) is 46.0 Å². The average molecular weight is 312 g/mol. The van der Waals surface area contributed by atoms with E-state index < -0.39 is 9.84 Å². The molecule has 0 spiro atoms. The van der Waals surface area contributed by atoms with Crippen LogP contribution in [0.2, 0.25) is 0 Å². The van der Waals surface area contributed by atoms with Gasteiger partial charge in [-0.3, -0.25) is 0 Å². The van der Waals surface area contributed by atoms with E-state index in [1.54, 1.807) is 12.1 Å². The minimum absolute atomic E-state index is 0.0527. The van der Waals surface area contributed by atoms with E-state index in [1.165, 1.54) is 0 Å². The van der Waals surface area contributed by atoms with E-state index in [9.17, 15) is 8.42 Å². The maximum Gasteiger partial charge on any atom is 0.180 e. The maximum atomic E-state index is 12.5. The van der Waals surface area contributed by atoms with Crippen molar-refractivity contribution in [1.29, 1.82) is 0 Å². The second-order valence-corrected chi connectivity index (χ2v) is 7.56. The van der Waals surface area contributed by atoms with Gasteiger partial charge in [-0.15, -0.1) is 0 Å². The van der Waals surface area contributed by atoms with Crippen molar-refractivity contribution in [2.45, 2.75) is 37.3 Å². The minimum Gasteiger partial charge on any atom is -0.373 e. The van der Waals surface area contributed by atoms with Gasteiger partial charge >= 0.3 is 0 Å². The fourth-order valence-electron chi connectivity index (χ4n) is 2.63. The van der Waals surface area contributed by atoms with Gasteiger partial charge in [0.1, 0.15) is 0 Å². The lowest BCUT2D eigenvalue weighted by Crippen LogP contribution is -2.51. The van der Waals surface area contributed by atoms with E-state index in [4.69, 9.17) is 10.5 Å². The molecule has 1 saturated heterocycles. The third kappa shape index (κ3) is 3.56. The van der Waals surface area contributed by atoms with Crippen LogP contribution >= 0.6 is 0 Å². The van der Waals surface area contributed by atoms with E-state index >= 15 is 0 Å². The summed E-state index contributed by atoms with van der Waals surface area (Å²) in [6.07, 6.45) is 0.559. The Bertz CT molecular complexity index is 574. The van der Waals surface area contributed by atoms with E-state index in [0.717, 1.165) is 5.69 Å². The van der Waals surface area contributed by atoms with Gasteiger partial charge in [0.25, 0.3) is 0 Å². The molecule has 1 fully saturated rings. The Balaban J connectivity index is 2.39. The molecular formula is C15H24N2O3S. The molecule has 1 aliphatic heterocycles. The summed E-state index contributed by atoms with van der Waals surface area (Å²) in [4.78, 5) is 2.51. The third-order valence-electron chi connectivity index (χ3n) is 3.75. The smallest absolute Gasteiger partial charge is 0.180 e. The summed E-state index contributed by atoms with van der Waals surface area (Å²) in [6.45, 7) is 5.53. The van der Waals surface area contributed by atoms with Gasteiger partial charge in [-0.1, -0.05) is 19.1 Å². The normalized spacial score (nSPS) is 23.3. The Kier molecular flexibility index (Phi) is 5.24. The molecular weight excluding hydrogens is 288 g/mol. The Morgan fingerprint density at radius 2 is 2.10 bits per heavy atom. The van der Waals surface area contributed by atoms with Crippen LogP contribution in [0.3, 0.4) is 0 Å². The summed E-state index contributed by atoms with van der Waals surface area (Å²) in [5, 5.41) is 0. The van der Waals surface area contributed by atoms with Crippen LogP contribution in [0.25, 0.3) is 0 Å². The molecule has 2 N–H and O–H groups in total. The molecule has 1 aromatic carbocycles. The molecule has 6 heteroatoms. The molecule has 0 saturated carbocycles. The largest absolute Gasteiger partial charge is 0.373 e. The number of ether oxygens (including phenoxy) is 1. The zero-order valence-electron chi connectivity index (χ0n) is 12.7. The molecule has 1 heterocycles. The monoisotopic (exact) mass is 312 g/mol. The van der Waals surface area contributed by atoms with Crippen molar-refractivity contribution >= 4 is 15.5 Å². The Hall–Kier alpha value is -1.11. The zero-order valence-corrected chi connectivity index (χ0v) is 13.5. The molecule has 2 rings (SSSR count). The first kappa shape index (κ1) is 16.3. The topological polar surface area (TPSA) is 72.6 Å². The van der Waals surface area contributed by atoms with Crippen LogP contribution < -0.4 is 10.6 Å². The number of hydrogen-bond donors (Lipinski definition) is 1. The molecule has 0 bridgehead atoms. The highest BCUT2D eigenvalue weighted by atomic mass is 32.2. The van der Waals surface area contributed by atoms with Crippen molar-refractivity contribution in [3.63, 3.8) is 0 Å². The molecule has 0 amide bonds. The molecule has 118 valence electrons. The summed E-state index contributed by atoms with van der Waals surface area (Å²) in [6, 6.07) is 7.35. The predicted octanol–water partition coefficient (Wildman–Crippen LogP) is 1.42. The standard InChI is InChI=1S/C15H24N2O3S/c1-3-8-21(18,19)15-7-5-4-6-14(15)17-10-13(9-16)20-11-12(17)2/h4-7,12-13H,3,8-11,16H2,1-2H3. The zero-order chi connectivity index (χ0) is 15.5. The van der Waals surface area contributed by atoms with Gasteiger partial charge in [0.15, 0.2) is 9.84 Å². The number of nitrogens with zero attached hydrogens (tertiary/aromatic N) is 1. The molecule has 0 radical (unpaired) electrons. The number of anilines is 1. The lowest BCUT2D eigenvalue weighted by atomic mass is 10.1. The van der Waals surface area contributed by atoms with Gasteiger partial charge in [0, 0.05) is 19.1 Å². The number of nitrogens with two attached hydrogens (primary N) is 1. The lowest BCUT2D eigenvalue weighted by molar-refractivity contribution is 0.0281. The molecule has 21 heavy (non-hydrogen) atoms. The second kappa shape index (κ2) is 6.77. The summed E-state index contributed by atoms with van der Waals surface area (Å²) in [5.41, 5.74) is 6.45. The van der Waals surface area contributed by atoms with Gasteiger partial charge < -0.3 is 15.4 Å². The number of morpholine rings is 1. The SMILES string of the molecule is CCCS(=O)(=O)c1ccccc1N1CC(CN)OCC1C. The highest BCUT2D eigenvalue weighted by molar-refractivity contribution is 7.91. The Morgan fingerprint density at radius 1 is 1.38 bits per heavy atom. The van der Waals surface area contributed by atoms with Gasteiger partial charge in [-0.2, -0.15) is 0 Å². The third-order valence-corrected chi connectivity index (χ3v) is 5.71. The summed E-state index contributed by atoms with van der Waals surface area (Å²) >= 11 is 0. The molecule has 2 atom stereocenters. The molecule has 5 nitrogen and oxygen atoms in total. The van der Waals surface area contributed by atoms with Gasteiger partial charge in [-0.05, 0) is 25.5 Å². The molecule has 0 aromatic heterocycles. The van der Waals surface area contributed by atoms with Gasteiger partial charge in [0.05, 0.1) is 29.0 Å².